The molecule has 1 aliphatic carbocycles. The fraction of sp³-hybridized carbons (Fsp3) is 0.412. The van der Waals surface area contributed by atoms with Crippen LogP contribution in [0.3, 0.4) is 0 Å². The standard InChI is InChI=1S/C17H18F2O/c1-3-20-15-11-10-14(16(18)17(15)19)9-8-13-6-4-12(2)5-7-13/h4,6,10-13H,3,5,7H2,1-2H3. The summed E-state index contributed by atoms with van der Waals surface area (Å²) < 4.78 is 32.5. The van der Waals surface area contributed by atoms with Crippen LogP contribution in [-0.2, 0) is 0 Å². The van der Waals surface area contributed by atoms with Crippen LogP contribution in [0.5, 0.6) is 5.75 Å². The van der Waals surface area contributed by atoms with E-state index < -0.39 is 11.6 Å². The maximum Gasteiger partial charge on any atom is 0.201 e. The predicted molar refractivity (Wildman–Crippen MR) is 75.4 cm³/mol. The van der Waals surface area contributed by atoms with Crippen molar-refractivity contribution in [3.05, 3.63) is 41.5 Å². The van der Waals surface area contributed by atoms with Gasteiger partial charge in [-0.05, 0) is 37.8 Å². The van der Waals surface area contributed by atoms with Gasteiger partial charge in [0, 0.05) is 5.92 Å². The molecule has 0 saturated carbocycles. The van der Waals surface area contributed by atoms with Crippen LogP contribution >= 0.6 is 0 Å². The number of hydrogen-bond acceptors (Lipinski definition) is 1. The zero-order chi connectivity index (χ0) is 14.5. The van der Waals surface area contributed by atoms with Gasteiger partial charge in [0.15, 0.2) is 11.6 Å². The van der Waals surface area contributed by atoms with Gasteiger partial charge in [0.1, 0.15) is 0 Å². The molecule has 1 aromatic rings. The van der Waals surface area contributed by atoms with Gasteiger partial charge in [-0.2, -0.15) is 4.39 Å². The van der Waals surface area contributed by atoms with Crippen molar-refractivity contribution < 1.29 is 13.5 Å². The average molecular weight is 276 g/mol. The maximum atomic E-state index is 13.8. The van der Waals surface area contributed by atoms with Crippen LogP contribution in [0.1, 0.15) is 32.3 Å². The van der Waals surface area contributed by atoms with Crippen molar-refractivity contribution in [2.45, 2.75) is 26.7 Å². The Balaban J connectivity index is 2.19. The van der Waals surface area contributed by atoms with E-state index in [9.17, 15) is 8.78 Å². The molecule has 0 bridgehead atoms. The molecule has 1 aromatic carbocycles. The minimum atomic E-state index is -0.966. The molecule has 0 radical (unpaired) electrons. The van der Waals surface area contributed by atoms with Crippen molar-refractivity contribution in [2.24, 2.45) is 11.8 Å². The van der Waals surface area contributed by atoms with E-state index in [1.54, 1.807) is 6.92 Å². The second-order valence-electron chi connectivity index (χ2n) is 4.99. The van der Waals surface area contributed by atoms with Crippen LogP contribution in [0.25, 0.3) is 0 Å². The number of halogens is 2. The highest BCUT2D eigenvalue weighted by Crippen LogP contribution is 2.23. The van der Waals surface area contributed by atoms with E-state index in [0.717, 1.165) is 12.8 Å². The maximum absolute atomic E-state index is 13.8. The van der Waals surface area contributed by atoms with Gasteiger partial charge >= 0.3 is 0 Å². The summed E-state index contributed by atoms with van der Waals surface area (Å²) in [5.41, 5.74) is 0.0815. The summed E-state index contributed by atoms with van der Waals surface area (Å²) in [5.74, 6) is 4.46. The summed E-state index contributed by atoms with van der Waals surface area (Å²) >= 11 is 0. The van der Waals surface area contributed by atoms with Crippen molar-refractivity contribution in [3.8, 4) is 17.6 Å². The Labute approximate surface area is 118 Å². The lowest BCUT2D eigenvalue weighted by atomic mass is 9.90. The lowest BCUT2D eigenvalue weighted by Gasteiger charge is -2.15. The second-order valence-corrected chi connectivity index (χ2v) is 4.99. The lowest BCUT2D eigenvalue weighted by Crippen LogP contribution is -2.04. The number of ether oxygens (including phenoxy) is 1. The van der Waals surface area contributed by atoms with Crippen molar-refractivity contribution in [3.63, 3.8) is 0 Å². The van der Waals surface area contributed by atoms with E-state index in [2.05, 4.69) is 24.8 Å². The second kappa shape index (κ2) is 6.56. The molecule has 0 saturated heterocycles. The van der Waals surface area contributed by atoms with Crippen LogP contribution in [0.4, 0.5) is 8.78 Å². The van der Waals surface area contributed by atoms with Gasteiger partial charge in [-0.3, -0.25) is 0 Å². The molecule has 0 aliphatic heterocycles. The largest absolute Gasteiger partial charge is 0.491 e. The Hall–Kier alpha value is -1.82. The van der Waals surface area contributed by atoms with E-state index in [-0.39, 0.29) is 17.2 Å². The molecule has 3 heteroatoms. The number of hydrogen-bond donors (Lipinski definition) is 0. The van der Waals surface area contributed by atoms with Crippen LogP contribution in [0.15, 0.2) is 24.3 Å². The SMILES string of the molecule is CCOc1ccc(C#CC2C=CC(C)CC2)c(F)c1F. The topological polar surface area (TPSA) is 9.23 Å². The molecule has 0 fully saturated rings. The van der Waals surface area contributed by atoms with Crippen molar-refractivity contribution in [1.82, 2.24) is 0 Å². The predicted octanol–water partition coefficient (Wildman–Crippen LogP) is 4.32. The van der Waals surface area contributed by atoms with E-state index in [1.807, 2.05) is 6.08 Å². The molecular formula is C17H18F2O. The van der Waals surface area contributed by atoms with E-state index in [1.165, 1.54) is 12.1 Å². The zero-order valence-electron chi connectivity index (χ0n) is 11.7. The van der Waals surface area contributed by atoms with Gasteiger partial charge in [0.2, 0.25) is 5.82 Å². The summed E-state index contributed by atoms with van der Waals surface area (Å²) in [5, 5.41) is 0. The van der Waals surface area contributed by atoms with Crippen molar-refractivity contribution >= 4 is 0 Å². The fourth-order valence-electron chi connectivity index (χ4n) is 2.14. The summed E-state index contributed by atoms with van der Waals surface area (Å²) in [6.07, 6.45) is 6.21. The Morgan fingerprint density at radius 1 is 1.20 bits per heavy atom. The molecular weight excluding hydrogens is 258 g/mol. The van der Waals surface area contributed by atoms with Gasteiger partial charge in [0.05, 0.1) is 12.2 Å². The molecule has 106 valence electrons. The minimum Gasteiger partial charge on any atom is -0.491 e. The zero-order valence-corrected chi connectivity index (χ0v) is 11.7. The summed E-state index contributed by atoms with van der Waals surface area (Å²) in [7, 11) is 0. The van der Waals surface area contributed by atoms with E-state index in [4.69, 9.17) is 4.74 Å². The molecule has 0 N–H and O–H groups in total. The fourth-order valence-corrected chi connectivity index (χ4v) is 2.14. The first-order chi connectivity index (χ1) is 9.61. The highest BCUT2D eigenvalue weighted by molar-refractivity contribution is 5.41. The Kier molecular flexibility index (Phi) is 4.79. The Morgan fingerprint density at radius 3 is 2.65 bits per heavy atom. The van der Waals surface area contributed by atoms with Crippen LogP contribution in [0.2, 0.25) is 0 Å². The summed E-state index contributed by atoms with van der Waals surface area (Å²) in [6.45, 7) is 4.18. The summed E-state index contributed by atoms with van der Waals surface area (Å²) in [6, 6.07) is 2.89. The molecule has 20 heavy (non-hydrogen) atoms. The van der Waals surface area contributed by atoms with Crippen LogP contribution in [-0.4, -0.2) is 6.61 Å². The van der Waals surface area contributed by atoms with Crippen LogP contribution < -0.4 is 4.74 Å². The number of allylic oxidation sites excluding steroid dienone is 2. The van der Waals surface area contributed by atoms with Gasteiger partial charge < -0.3 is 4.74 Å². The van der Waals surface area contributed by atoms with Crippen molar-refractivity contribution in [2.75, 3.05) is 6.61 Å². The Morgan fingerprint density at radius 2 is 2.00 bits per heavy atom. The molecule has 2 rings (SSSR count). The normalized spacial score (nSPS) is 21.2. The van der Waals surface area contributed by atoms with Crippen molar-refractivity contribution in [1.29, 1.82) is 0 Å². The first-order valence-corrected chi connectivity index (χ1v) is 6.92. The molecule has 2 atom stereocenters. The quantitative estimate of drug-likeness (QED) is 0.577. The van der Waals surface area contributed by atoms with Gasteiger partial charge in [-0.25, -0.2) is 4.39 Å². The molecule has 0 heterocycles. The molecule has 1 nitrogen and oxygen atoms in total. The molecule has 2 unspecified atom stereocenters. The van der Waals surface area contributed by atoms with Gasteiger partial charge in [-0.1, -0.05) is 30.9 Å². The highest BCUT2D eigenvalue weighted by Gasteiger charge is 2.14. The first kappa shape index (κ1) is 14.6. The highest BCUT2D eigenvalue weighted by atomic mass is 19.2. The van der Waals surface area contributed by atoms with Crippen LogP contribution in [0, 0.1) is 35.3 Å². The molecule has 1 aliphatic rings. The summed E-state index contributed by atoms with van der Waals surface area (Å²) in [4.78, 5) is 0. The molecule has 0 aromatic heterocycles. The third kappa shape index (κ3) is 3.39. The number of benzene rings is 1. The lowest BCUT2D eigenvalue weighted by molar-refractivity contribution is 0.314. The third-order valence-electron chi connectivity index (χ3n) is 3.34. The van der Waals surface area contributed by atoms with Gasteiger partial charge in [0.25, 0.3) is 0 Å². The van der Waals surface area contributed by atoms with E-state index in [0.29, 0.717) is 12.5 Å². The number of rotatable bonds is 2. The smallest absolute Gasteiger partial charge is 0.201 e. The average Bonchev–Trinajstić information content (AvgIpc) is 2.45. The van der Waals surface area contributed by atoms with Gasteiger partial charge in [-0.15, -0.1) is 0 Å². The molecule has 0 spiro atoms. The monoisotopic (exact) mass is 276 g/mol. The van der Waals surface area contributed by atoms with E-state index >= 15 is 0 Å². The minimum absolute atomic E-state index is 0.0677. The first-order valence-electron chi connectivity index (χ1n) is 6.92. The molecule has 0 amide bonds. The Bertz CT molecular complexity index is 566. The third-order valence-corrected chi connectivity index (χ3v) is 3.34.